The Hall–Kier alpha value is -6.92. The third-order valence-electron chi connectivity index (χ3n) is 10.1. The van der Waals surface area contributed by atoms with Crippen LogP contribution < -0.4 is 29.2 Å². The molecule has 2 amide bonds. The first-order valence-electron chi connectivity index (χ1n) is 21.0. The van der Waals surface area contributed by atoms with Gasteiger partial charge in [0.1, 0.15) is 27.5 Å². The number of ether oxygens (including phenoxy) is 3. The van der Waals surface area contributed by atoms with Gasteiger partial charge in [-0.2, -0.15) is 0 Å². The number of nitrogens with one attached hydrogen (secondary N) is 3. The maximum Gasteiger partial charge on any atom is 0.270 e. The molecular formula is C49H56N6O10S2. The Bertz CT molecular complexity index is 3110. The topological polar surface area (TPSA) is 226 Å². The average molecular weight is 953 g/mol. The number of benzene rings is 2. The zero-order valence-corrected chi connectivity index (χ0v) is 41.5. The molecule has 354 valence electrons. The maximum absolute atomic E-state index is 13.2. The molecule has 0 spiro atoms. The summed E-state index contributed by atoms with van der Waals surface area (Å²) in [5.41, 5.74) is 5.37. The summed E-state index contributed by atoms with van der Waals surface area (Å²) in [6.07, 6.45) is 2.70. The van der Waals surface area contributed by atoms with Crippen LogP contribution in [0.2, 0.25) is 0 Å². The van der Waals surface area contributed by atoms with Crippen LogP contribution in [0.5, 0.6) is 29.1 Å². The highest BCUT2D eigenvalue weighted by Gasteiger charge is 2.29. The van der Waals surface area contributed by atoms with Crippen LogP contribution in [0.25, 0.3) is 0 Å². The molecule has 0 aliphatic carbocycles. The lowest BCUT2D eigenvalue weighted by Gasteiger charge is -2.21. The van der Waals surface area contributed by atoms with E-state index in [-0.39, 0.29) is 44.5 Å². The molecule has 6 aromatic rings. The largest absolute Gasteiger partial charge is 0.480 e. The van der Waals surface area contributed by atoms with Crippen molar-refractivity contribution in [2.75, 3.05) is 7.11 Å². The Morgan fingerprint density at radius 3 is 1.37 bits per heavy atom. The van der Waals surface area contributed by atoms with E-state index in [9.17, 15) is 31.2 Å². The number of hydrogen-bond acceptors (Lipinski definition) is 13. The fraction of sp³-hybridized carbons (Fsp3) is 0.306. The molecule has 4 aromatic heterocycles. The molecule has 0 unspecified atom stereocenters. The van der Waals surface area contributed by atoms with E-state index in [4.69, 9.17) is 14.2 Å². The molecule has 0 radical (unpaired) electrons. The van der Waals surface area contributed by atoms with Crippen molar-refractivity contribution in [3.05, 3.63) is 151 Å². The second-order valence-corrected chi connectivity index (χ2v) is 21.3. The summed E-state index contributed by atoms with van der Waals surface area (Å²) >= 11 is 0. The van der Waals surface area contributed by atoms with E-state index in [1.165, 1.54) is 49.8 Å². The quantitative estimate of drug-likeness (QED) is 0.111. The van der Waals surface area contributed by atoms with Gasteiger partial charge in [-0.25, -0.2) is 41.2 Å². The predicted molar refractivity (Wildman–Crippen MR) is 254 cm³/mol. The number of carbonyl (C=O) groups is 2. The monoisotopic (exact) mass is 952 g/mol. The number of pyridine rings is 4. The zero-order chi connectivity index (χ0) is 49.8. The Balaban J connectivity index is 0.000000251. The molecule has 0 aliphatic rings. The number of hydrogen-bond donors (Lipinski definition) is 3. The minimum absolute atomic E-state index is 0.0150. The summed E-state index contributed by atoms with van der Waals surface area (Å²) in [6, 6.07) is 19.4. The van der Waals surface area contributed by atoms with Crippen LogP contribution in [0.4, 0.5) is 0 Å². The van der Waals surface area contributed by atoms with Crippen LogP contribution in [-0.2, 0) is 30.9 Å². The number of aryl methyl sites for hydroxylation is 6. The number of amides is 2. The molecule has 18 heteroatoms. The molecule has 0 saturated carbocycles. The summed E-state index contributed by atoms with van der Waals surface area (Å²) < 4.78 is 72.5. The highest BCUT2D eigenvalue weighted by atomic mass is 32.2. The van der Waals surface area contributed by atoms with Gasteiger partial charge in [-0.3, -0.25) is 14.4 Å². The minimum Gasteiger partial charge on any atom is -0.480 e. The van der Waals surface area contributed by atoms with Crippen LogP contribution in [0.15, 0.2) is 99.8 Å². The van der Waals surface area contributed by atoms with Crippen molar-refractivity contribution in [2.24, 2.45) is 0 Å². The Labute approximate surface area is 391 Å². The summed E-state index contributed by atoms with van der Waals surface area (Å²) in [6.45, 7) is 23.4. The standard InChI is InChI=1S/C25H29N3O5S.C24H27N3O5S/c1-15-13-16(2)21(17(3)14-15)33-23-18(10-11-20(27-23)25(4,5)6)22(29)28-34(30,31)19-9-8-12-26-24(19)32-7;1-14-12-15(2)20(16(3)13-14)32-23-17(9-10-19(26-23)24(4,5)6)21(28)27-33(30,31)18-8-7-11-25-22(18)29/h8-14H,1-7H3,(H,28,29);7-13H,1-6H3,(H,25,29)(H,27,28). The van der Waals surface area contributed by atoms with E-state index in [1.807, 2.05) is 112 Å². The van der Waals surface area contributed by atoms with E-state index in [2.05, 4.69) is 24.7 Å². The number of H-pyrrole nitrogens is 1. The second-order valence-electron chi connectivity index (χ2n) is 18.0. The smallest absolute Gasteiger partial charge is 0.270 e. The third-order valence-corrected chi connectivity index (χ3v) is 12.8. The van der Waals surface area contributed by atoms with E-state index >= 15 is 0 Å². The van der Waals surface area contributed by atoms with Gasteiger partial charge < -0.3 is 19.2 Å². The summed E-state index contributed by atoms with van der Waals surface area (Å²) in [4.78, 5) is 52.6. The SMILES string of the molecule is COc1ncccc1S(=O)(=O)NC(=O)c1ccc(C(C)(C)C)nc1Oc1c(C)cc(C)cc1C.Cc1cc(C)c(Oc2nc(C(C)(C)C)ccc2C(=O)NS(=O)(=O)c2ccc[nH]c2=O)c(C)c1. The number of methoxy groups -OCH3 is 1. The van der Waals surface area contributed by atoms with Crippen LogP contribution in [-0.4, -0.2) is 55.7 Å². The first-order valence-corrected chi connectivity index (χ1v) is 23.9. The number of carbonyl (C=O) groups excluding carboxylic acids is 2. The molecule has 16 nitrogen and oxygen atoms in total. The molecule has 3 N–H and O–H groups in total. The van der Waals surface area contributed by atoms with Crippen molar-refractivity contribution in [2.45, 2.75) is 104 Å². The predicted octanol–water partition coefficient (Wildman–Crippen LogP) is 8.52. The molecular weight excluding hydrogens is 897 g/mol. The van der Waals surface area contributed by atoms with Gasteiger partial charge in [0, 0.05) is 34.6 Å². The van der Waals surface area contributed by atoms with Crippen molar-refractivity contribution < 1.29 is 40.6 Å². The fourth-order valence-corrected chi connectivity index (χ4v) is 8.99. The highest BCUT2D eigenvalue weighted by Crippen LogP contribution is 2.35. The molecule has 2 aromatic carbocycles. The van der Waals surface area contributed by atoms with Crippen molar-refractivity contribution in [3.63, 3.8) is 0 Å². The van der Waals surface area contributed by atoms with Gasteiger partial charge in [-0.15, -0.1) is 0 Å². The molecule has 0 atom stereocenters. The van der Waals surface area contributed by atoms with Crippen LogP contribution in [0.3, 0.4) is 0 Å². The van der Waals surface area contributed by atoms with E-state index in [1.54, 1.807) is 12.1 Å². The summed E-state index contributed by atoms with van der Waals surface area (Å²) in [5, 5.41) is 0. The molecule has 0 aliphatic heterocycles. The Morgan fingerprint density at radius 2 is 0.985 bits per heavy atom. The average Bonchev–Trinajstić information content (AvgIpc) is 3.22. The second kappa shape index (κ2) is 19.9. The Morgan fingerprint density at radius 1 is 0.582 bits per heavy atom. The van der Waals surface area contributed by atoms with Crippen LogP contribution >= 0.6 is 0 Å². The molecule has 4 heterocycles. The molecule has 6 rings (SSSR count). The normalized spacial score (nSPS) is 11.8. The van der Waals surface area contributed by atoms with Crippen LogP contribution in [0, 0.1) is 41.5 Å². The number of aromatic nitrogens is 4. The first-order chi connectivity index (χ1) is 31.1. The first kappa shape index (κ1) is 51.1. The lowest BCUT2D eigenvalue weighted by Crippen LogP contribution is -2.34. The van der Waals surface area contributed by atoms with E-state index in [0.717, 1.165) is 39.4 Å². The van der Waals surface area contributed by atoms with Gasteiger partial charge in [-0.1, -0.05) is 76.9 Å². The van der Waals surface area contributed by atoms with Gasteiger partial charge in [0.25, 0.3) is 37.4 Å². The number of nitrogens with zero attached hydrogens (tertiary/aromatic N) is 3. The van der Waals surface area contributed by atoms with Crippen molar-refractivity contribution in [1.29, 1.82) is 0 Å². The molecule has 0 saturated heterocycles. The zero-order valence-electron chi connectivity index (χ0n) is 39.8. The van der Waals surface area contributed by atoms with Crippen molar-refractivity contribution in [3.8, 4) is 29.1 Å². The molecule has 67 heavy (non-hydrogen) atoms. The van der Waals surface area contributed by atoms with Gasteiger partial charge in [0.15, 0.2) is 4.90 Å². The van der Waals surface area contributed by atoms with E-state index in [0.29, 0.717) is 22.9 Å². The lowest BCUT2D eigenvalue weighted by molar-refractivity contribution is 0.0969. The molecule has 0 bridgehead atoms. The van der Waals surface area contributed by atoms with Crippen molar-refractivity contribution in [1.82, 2.24) is 29.4 Å². The van der Waals surface area contributed by atoms with E-state index < -0.39 is 42.3 Å². The number of rotatable bonds is 11. The molecule has 0 fully saturated rings. The number of aromatic amines is 1. The van der Waals surface area contributed by atoms with Gasteiger partial charge >= 0.3 is 0 Å². The van der Waals surface area contributed by atoms with Gasteiger partial charge in [0.05, 0.1) is 7.11 Å². The minimum atomic E-state index is -4.42. The summed E-state index contributed by atoms with van der Waals surface area (Å²) in [7, 11) is -7.38. The van der Waals surface area contributed by atoms with Gasteiger partial charge in [0.2, 0.25) is 17.6 Å². The third kappa shape index (κ3) is 12.3. The lowest BCUT2D eigenvalue weighted by atomic mass is 9.91. The maximum atomic E-state index is 13.2. The van der Waals surface area contributed by atoms with Crippen LogP contribution in [0.1, 0.15) is 107 Å². The fourth-order valence-electron chi connectivity index (χ4n) is 6.88. The Kier molecular flexibility index (Phi) is 15.2. The van der Waals surface area contributed by atoms with Crippen molar-refractivity contribution >= 4 is 31.9 Å². The summed E-state index contributed by atoms with van der Waals surface area (Å²) in [5.74, 6) is -0.850. The van der Waals surface area contributed by atoms with Gasteiger partial charge in [-0.05, 0) is 112 Å². The number of sulfonamides is 2. The highest BCUT2D eigenvalue weighted by molar-refractivity contribution is 7.90.